The third kappa shape index (κ3) is 2.61. The van der Waals surface area contributed by atoms with Crippen LogP contribution in [0.3, 0.4) is 0 Å². The maximum atomic E-state index is 11.5. The molecule has 0 saturated heterocycles. The number of rotatable bonds is 1. The molecule has 0 aromatic heterocycles. The summed E-state index contributed by atoms with van der Waals surface area (Å²) in [6, 6.07) is 0. The Kier molecular flexibility index (Phi) is 5.02. The Labute approximate surface area is 197 Å². The standard InChI is InChI=1S/C30H50O2/c1-18(2)19-11-13-27(5)15-16-28(6)20(25(19)27)9-10-22-29(28,7)14-12-21-26(3,4)23(31)17-24(32)30(21,22)8/h19-25,31-32H,1,9-17H2,2-8H3/t19-,20+,21+,22-,23+,24+,25+,27+,28+,29+,30-/m0/s1. The molecule has 0 amide bonds. The van der Waals surface area contributed by atoms with E-state index in [-0.39, 0.29) is 22.3 Å². The van der Waals surface area contributed by atoms with Gasteiger partial charge in [-0.25, -0.2) is 0 Å². The van der Waals surface area contributed by atoms with Crippen molar-refractivity contribution in [3.8, 4) is 0 Å². The van der Waals surface area contributed by atoms with E-state index in [0.29, 0.717) is 35.0 Å². The van der Waals surface area contributed by atoms with Crippen LogP contribution >= 0.6 is 0 Å². The molecule has 0 bridgehead atoms. The molecule has 5 aliphatic carbocycles. The quantitative estimate of drug-likeness (QED) is 0.429. The molecule has 0 spiro atoms. The Balaban J connectivity index is 1.57. The fourth-order valence-electron chi connectivity index (χ4n) is 11.4. The second-order valence-electron chi connectivity index (χ2n) is 14.8. The number of fused-ring (bicyclic) bond motifs is 7. The summed E-state index contributed by atoms with van der Waals surface area (Å²) in [5, 5.41) is 22.4. The maximum Gasteiger partial charge on any atom is 0.0624 e. The lowest BCUT2D eigenvalue weighted by atomic mass is 9.32. The van der Waals surface area contributed by atoms with Crippen molar-refractivity contribution in [2.24, 2.45) is 56.7 Å². The van der Waals surface area contributed by atoms with Crippen molar-refractivity contribution in [1.29, 1.82) is 0 Å². The molecule has 11 atom stereocenters. The molecule has 0 aromatic carbocycles. The van der Waals surface area contributed by atoms with Gasteiger partial charge in [-0.15, -0.1) is 0 Å². The number of hydrogen-bond acceptors (Lipinski definition) is 2. The van der Waals surface area contributed by atoms with Crippen LogP contribution in [0.4, 0.5) is 0 Å². The zero-order chi connectivity index (χ0) is 23.5. The van der Waals surface area contributed by atoms with Crippen LogP contribution in [0.2, 0.25) is 0 Å². The van der Waals surface area contributed by atoms with E-state index >= 15 is 0 Å². The van der Waals surface area contributed by atoms with Gasteiger partial charge >= 0.3 is 0 Å². The van der Waals surface area contributed by atoms with Crippen LogP contribution in [-0.2, 0) is 0 Å². The zero-order valence-electron chi connectivity index (χ0n) is 22.0. The van der Waals surface area contributed by atoms with Gasteiger partial charge in [0.15, 0.2) is 0 Å². The van der Waals surface area contributed by atoms with Crippen molar-refractivity contribution < 1.29 is 10.2 Å². The number of allylic oxidation sites excluding steroid dienone is 1. The molecule has 2 N–H and O–H groups in total. The predicted molar refractivity (Wildman–Crippen MR) is 132 cm³/mol. The summed E-state index contributed by atoms with van der Waals surface area (Å²) in [6.45, 7) is 21.6. The van der Waals surface area contributed by atoms with Crippen LogP contribution in [0.1, 0.15) is 106 Å². The predicted octanol–water partition coefficient (Wildman–Crippen LogP) is 7.00. The van der Waals surface area contributed by atoms with Gasteiger partial charge in [-0.2, -0.15) is 0 Å². The van der Waals surface area contributed by atoms with Crippen LogP contribution in [0.25, 0.3) is 0 Å². The highest BCUT2D eigenvalue weighted by Gasteiger charge is 2.71. The SMILES string of the molecule is C=C(C)[C@@H]1CC[C@]2(C)CC[C@]3(C)[C@H](CC[C@@H]4[C@@]5(C)[C@H](O)C[C@@H](O)C(C)(C)[C@H]5CC[C@]43C)[C@@H]12. The van der Waals surface area contributed by atoms with E-state index in [1.165, 1.54) is 50.5 Å². The molecule has 0 heterocycles. The molecular formula is C30H50O2. The minimum absolute atomic E-state index is 0.0894. The van der Waals surface area contributed by atoms with Gasteiger partial charge in [-0.1, -0.05) is 53.7 Å². The highest BCUT2D eigenvalue weighted by atomic mass is 16.3. The fraction of sp³-hybridized carbons (Fsp3) is 0.933. The fourth-order valence-corrected chi connectivity index (χ4v) is 11.4. The molecule has 5 rings (SSSR count). The summed E-state index contributed by atoms with van der Waals surface area (Å²) in [5.74, 6) is 3.22. The molecule has 182 valence electrons. The van der Waals surface area contributed by atoms with Crippen molar-refractivity contribution >= 4 is 0 Å². The number of aliphatic hydroxyl groups is 2. The van der Waals surface area contributed by atoms with Gasteiger partial charge in [-0.05, 0) is 110 Å². The van der Waals surface area contributed by atoms with Crippen molar-refractivity contribution in [3.05, 3.63) is 12.2 Å². The monoisotopic (exact) mass is 442 g/mol. The van der Waals surface area contributed by atoms with Gasteiger partial charge in [0.05, 0.1) is 12.2 Å². The maximum absolute atomic E-state index is 11.5. The Morgan fingerprint density at radius 2 is 1.44 bits per heavy atom. The van der Waals surface area contributed by atoms with E-state index in [0.717, 1.165) is 18.3 Å². The van der Waals surface area contributed by atoms with Crippen molar-refractivity contribution in [1.82, 2.24) is 0 Å². The van der Waals surface area contributed by atoms with Crippen molar-refractivity contribution in [3.63, 3.8) is 0 Å². The minimum atomic E-state index is -0.392. The van der Waals surface area contributed by atoms with Gasteiger partial charge in [0.2, 0.25) is 0 Å². The first-order chi connectivity index (χ1) is 14.7. The topological polar surface area (TPSA) is 40.5 Å². The lowest BCUT2D eigenvalue weighted by Gasteiger charge is -2.73. The molecule has 5 saturated carbocycles. The average molecular weight is 443 g/mol. The first-order valence-electron chi connectivity index (χ1n) is 13.7. The second kappa shape index (κ2) is 6.87. The van der Waals surface area contributed by atoms with Crippen molar-refractivity contribution in [2.45, 2.75) is 118 Å². The highest BCUT2D eigenvalue weighted by Crippen LogP contribution is 2.77. The molecule has 5 aliphatic rings. The summed E-state index contributed by atoms with van der Waals surface area (Å²) < 4.78 is 0. The lowest BCUT2D eigenvalue weighted by Crippen LogP contribution is -2.69. The lowest BCUT2D eigenvalue weighted by molar-refractivity contribution is -0.273. The third-order valence-corrected chi connectivity index (χ3v) is 13.6. The van der Waals surface area contributed by atoms with Crippen LogP contribution < -0.4 is 0 Å². The van der Waals surface area contributed by atoms with Crippen LogP contribution in [-0.4, -0.2) is 22.4 Å². The van der Waals surface area contributed by atoms with Gasteiger partial charge in [-0.3, -0.25) is 0 Å². The molecular weight excluding hydrogens is 392 g/mol. The molecule has 0 aromatic rings. The first kappa shape index (κ1) is 23.4. The summed E-state index contributed by atoms with van der Waals surface area (Å²) in [7, 11) is 0. The van der Waals surface area contributed by atoms with E-state index in [1.54, 1.807) is 0 Å². The third-order valence-electron chi connectivity index (χ3n) is 13.6. The molecule has 2 nitrogen and oxygen atoms in total. The largest absolute Gasteiger partial charge is 0.392 e. The Bertz CT molecular complexity index is 801. The number of hydrogen-bond donors (Lipinski definition) is 2. The van der Waals surface area contributed by atoms with E-state index in [2.05, 4.69) is 55.0 Å². The molecule has 2 heteroatoms. The molecule has 0 unspecified atom stereocenters. The van der Waals surface area contributed by atoms with Gasteiger partial charge < -0.3 is 10.2 Å². The smallest absolute Gasteiger partial charge is 0.0624 e. The molecule has 32 heavy (non-hydrogen) atoms. The Morgan fingerprint density at radius 1 is 0.750 bits per heavy atom. The van der Waals surface area contributed by atoms with Gasteiger partial charge in [0, 0.05) is 11.8 Å². The summed E-state index contributed by atoms with van der Waals surface area (Å²) in [4.78, 5) is 0. The summed E-state index contributed by atoms with van der Waals surface area (Å²) in [5.41, 5.74) is 2.32. The van der Waals surface area contributed by atoms with Gasteiger partial charge in [0.1, 0.15) is 0 Å². The number of aliphatic hydroxyl groups excluding tert-OH is 2. The Hall–Kier alpha value is -0.340. The average Bonchev–Trinajstić information content (AvgIpc) is 3.05. The van der Waals surface area contributed by atoms with Crippen LogP contribution in [0, 0.1) is 56.7 Å². The first-order valence-corrected chi connectivity index (χ1v) is 13.7. The summed E-state index contributed by atoms with van der Waals surface area (Å²) >= 11 is 0. The van der Waals surface area contributed by atoms with E-state index in [4.69, 9.17) is 0 Å². The Morgan fingerprint density at radius 3 is 2.09 bits per heavy atom. The van der Waals surface area contributed by atoms with Gasteiger partial charge in [0.25, 0.3) is 0 Å². The van der Waals surface area contributed by atoms with Crippen LogP contribution in [0.15, 0.2) is 12.2 Å². The van der Waals surface area contributed by atoms with Crippen LogP contribution in [0.5, 0.6) is 0 Å². The minimum Gasteiger partial charge on any atom is -0.392 e. The second-order valence-corrected chi connectivity index (χ2v) is 14.8. The molecule has 0 aliphatic heterocycles. The normalized spacial score (nSPS) is 58.8. The van der Waals surface area contributed by atoms with E-state index < -0.39 is 6.10 Å². The highest BCUT2D eigenvalue weighted by molar-refractivity contribution is 5.22. The zero-order valence-corrected chi connectivity index (χ0v) is 22.0. The molecule has 0 radical (unpaired) electrons. The molecule has 5 fully saturated rings. The summed E-state index contributed by atoms with van der Waals surface area (Å²) in [6.07, 6.45) is 10.2. The van der Waals surface area contributed by atoms with E-state index in [1.807, 2.05) is 0 Å². The van der Waals surface area contributed by atoms with E-state index in [9.17, 15) is 10.2 Å². The van der Waals surface area contributed by atoms with Crippen molar-refractivity contribution in [2.75, 3.05) is 0 Å².